The van der Waals surface area contributed by atoms with E-state index in [0.717, 1.165) is 61.5 Å². The highest BCUT2D eigenvalue weighted by molar-refractivity contribution is 6.15. The molecular formula is C44H33FN4. The van der Waals surface area contributed by atoms with Gasteiger partial charge >= 0.3 is 0 Å². The zero-order chi connectivity index (χ0) is 33.1. The molecule has 5 heteroatoms. The molecule has 5 aromatic carbocycles. The van der Waals surface area contributed by atoms with Crippen molar-refractivity contribution in [3.63, 3.8) is 0 Å². The first-order valence-corrected chi connectivity index (χ1v) is 16.6. The van der Waals surface area contributed by atoms with Gasteiger partial charge in [-0.05, 0) is 71.8 Å². The minimum absolute atomic E-state index is 0.431. The third kappa shape index (κ3) is 4.50. The minimum Gasteiger partial charge on any atom is -0.309 e. The summed E-state index contributed by atoms with van der Waals surface area (Å²) in [5.41, 5.74) is 9.81. The molecule has 0 spiro atoms. The van der Waals surface area contributed by atoms with Crippen molar-refractivity contribution in [2.45, 2.75) is 25.4 Å². The van der Waals surface area contributed by atoms with Crippen molar-refractivity contribution in [3.8, 4) is 16.9 Å². The Kier molecular flexibility index (Phi) is 6.70. The number of pyridine rings is 2. The molecule has 0 radical (unpaired) electrons. The lowest BCUT2D eigenvalue weighted by Crippen LogP contribution is -2.32. The second-order valence-corrected chi connectivity index (χ2v) is 13.1. The van der Waals surface area contributed by atoms with Crippen molar-refractivity contribution >= 4 is 39.0 Å². The van der Waals surface area contributed by atoms with E-state index in [4.69, 9.17) is 4.98 Å². The predicted molar refractivity (Wildman–Crippen MR) is 198 cm³/mol. The molecule has 1 unspecified atom stereocenters. The lowest BCUT2D eigenvalue weighted by Gasteiger charge is -2.42. The maximum Gasteiger partial charge on any atom is 0.151 e. The van der Waals surface area contributed by atoms with Crippen LogP contribution in [0, 0.1) is 0 Å². The Morgan fingerprint density at radius 3 is 2.18 bits per heavy atom. The molecule has 1 atom stereocenters. The molecule has 1 aliphatic rings. The van der Waals surface area contributed by atoms with Crippen molar-refractivity contribution in [3.05, 3.63) is 180 Å². The van der Waals surface area contributed by atoms with Crippen molar-refractivity contribution in [2.75, 3.05) is 4.90 Å². The van der Waals surface area contributed by atoms with E-state index >= 15 is 4.39 Å². The molecule has 4 heterocycles. The van der Waals surface area contributed by atoms with Gasteiger partial charge in [0, 0.05) is 51.0 Å². The fourth-order valence-electron chi connectivity index (χ4n) is 7.78. The zero-order valence-electron chi connectivity index (χ0n) is 27.3. The maximum atomic E-state index is 17.8. The van der Waals surface area contributed by atoms with Crippen LogP contribution >= 0.6 is 0 Å². The molecule has 49 heavy (non-hydrogen) atoms. The predicted octanol–water partition coefficient (Wildman–Crippen LogP) is 11.4. The third-order valence-electron chi connectivity index (χ3n) is 9.94. The van der Waals surface area contributed by atoms with E-state index in [-0.39, 0.29) is 0 Å². The van der Waals surface area contributed by atoms with Gasteiger partial charge in [-0.25, -0.2) is 9.37 Å². The van der Waals surface area contributed by atoms with Crippen molar-refractivity contribution in [2.24, 2.45) is 0 Å². The number of halogens is 1. The summed E-state index contributed by atoms with van der Waals surface area (Å²) in [6.07, 6.45) is 2.17. The second-order valence-electron chi connectivity index (χ2n) is 13.1. The SMILES string of the molecule is CC1(C)c2ccccc2N(c2ccccn2)c2cc(C(F)c3cccc(-c4ccccn4)c3)c3c4ccccc4n(-c4ccccc4)c3c21. The Labute approximate surface area is 284 Å². The number of hydrogen-bond donors (Lipinski definition) is 0. The summed E-state index contributed by atoms with van der Waals surface area (Å²) >= 11 is 0. The van der Waals surface area contributed by atoms with Crippen LogP contribution in [0.5, 0.6) is 0 Å². The Bertz CT molecular complexity index is 2490. The van der Waals surface area contributed by atoms with Crippen LogP contribution in [0.3, 0.4) is 0 Å². The number of para-hydroxylation sites is 3. The Morgan fingerprint density at radius 2 is 1.39 bits per heavy atom. The lowest BCUT2D eigenvalue weighted by atomic mass is 9.72. The summed E-state index contributed by atoms with van der Waals surface area (Å²) in [5, 5.41) is 1.93. The first-order chi connectivity index (χ1) is 24.0. The normalized spacial score (nSPS) is 14.1. The van der Waals surface area contributed by atoms with Crippen molar-refractivity contribution in [1.82, 2.24) is 14.5 Å². The minimum atomic E-state index is -1.42. The van der Waals surface area contributed by atoms with Crippen LogP contribution in [0.25, 0.3) is 38.8 Å². The molecule has 0 fully saturated rings. The van der Waals surface area contributed by atoms with E-state index in [2.05, 4.69) is 107 Å². The quantitative estimate of drug-likeness (QED) is 0.188. The first kappa shape index (κ1) is 29.1. The fraction of sp³-hybridized carbons (Fsp3) is 0.0909. The van der Waals surface area contributed by atoms with Gasteiger partial charge in [0.05, 0.1) is 28.1 Å². The van der Waals surface area contributed by atoms with Crippen LogP contribution in [0.2, 0.25) is 0 Å². The van der Waals surface area contributed by atoms with Crippen LogP contribution in [0.4, 0.5) is 21.6 Å². The number of alkyl halides is 1. The van der Waals surface area contributed by atoms with Crippen LogP contribution in [-0.4, -0.2) is 14.5 Å². The summed E-state index contributed by atoms with van der Waals surface area (Å²) < 4.78 is 20.1. The maximum absolute atomic E-state index is 17.8. The van der Waals surface area contributed by atoms with Gasteiger partial charge in [-0.2, -0.15) is 0 Å². The lowest BCUT2D eigenvalue weighted by molar-refractivity contribution is 0.404. The van der Waals surface area contributed by atoms with Gasteiger partial charge in [-0.3, -0.25) is 9.88 Å². The van der Waals surface area contributed by atoms with E-state index in [9.17, 15) is 0 Å². The smallest absolute Gasteiger partial charge is 0.151 e. The van der Waals surface area contributed by atoms with Crippen molar-refractivity contribution < 1.29 is 4.39 Å². The molecule has 0 aliphatic carbocycles. The summed E-state index contributed by atoms with van der Waals surface area (Å²) in [4.78, 5) is 11.6. The average Bonchev–Trinajstić information content (AvgIpc) is 3.50. The second kappa shape index (κ2) is 11.3. The fourth-order valence-corrected chi connectivity index (χ4v) is 7.78. The van der Waals surface area contributed by atoms with Crippen LogP contribution in [-0.2, 0) is 5.41 Å². The molecule has 236 valence electrons. The molecule has 9 rings (SSSR count). The summed E-state index contributed by atoms with van der Waals surface area (Å²) in [5.74, 6) is 0.784. The van der Waals surface area contributed by atoms with Crippen LogP contribution < -0.4 is 4.90 Å². The number of rotatable bonds is 5. The van der Waals surface area contributed by atoms with Crippen LogP contribution in [0.15, 0.2) is 158 Å². The highest BCUT2D eigenvalue weighted by Gasteiger charge is 2.41. The van der Waals surface area contributed by atoms with E-state index in [1.807, 2.05) is 72.9 Å². The molecule has 0 bridgehead atoms. The van der Waals surface area contributed by atoms with E-state index in [0.29, 0.717) is 11.1 Å². The molecule has 0 saturated heterocycles. The van der Waals surface area contributed by atoms with E-state index < -0.39 is 11.6 Å². The van der Waals surface area contributed by atoms with Gasteiger partial charge in [-0.1, -0.05) is 98.8 Å². The molecule has 0 amide bonds. The number of nitrogens with zero attached hydrogens (tertiary/aromatic N) is 4. The standard InChI is InChI=1S/C44H33FN4/c1-44(2)34-20-7-9-23-37(34)49(39-24-11-13-26-47-39)38-28-33(42(45)30-16-14-15-29(27-30)35-21-10-12-25-46-35)40-32-19-6-8-22-36(32)48(43(40)41(38)44)31-17-4-3-5-18-31/h3-28,42H,1-2H3. The van der Waals surface area contributed by atoms with Gasteiger partial charge in [0.15, 0.2) is 6.17 Å². The van der Waals surface area contributed by atoms with Gasteiger partial charge in [0.1, 0.15) is 5.82 Å². The van der Waals surface area contributed by atoms with Gasteiger partial charge in [-0.15, -0.1) is 0 Å². The first-order valence-electron chi connectivity index (χ1n) is 16.6. The summed E-state index contributed by atoms with van der Waals surface area (Å²) in [7, 11) is 0. The number of anilines is 3. The molecular weight excluding hydrogens is 604 g/mol. The summed E-state index contributed by atoms with van der Waals surface area (Å²) in [6, 6.07) is 48.9. The highest BCUT2D eigenvalue weighted by atomic mass is 19.1. The summed E-state index contributed by atoms with van der Waals surface area (Å²) in [6.45, 7) is 4.58. The van der Waals surface area contributed by atoms with Crippen molar-refractivity contribution in [1.29, 1.82) is 0 Å². The molecule has 0 saturated carbocycles. The molecule has 8 aromatic rings. The van der Waals surface area contributed by atoms with E-state index in [1.54, 1.807) is 6.20 Å². The third-order valence-corrected chi connectivity index (χ3v) is 9.94. The number of fused-ring (bicyclic) bond motifs is 6. The highest BCUT2D eigenvalue weighted by Crippen LogP contribution is 2.56. The molecule has 3 aromatic heterocycles. The topological polar surface area (TPSA) is 34.0 Å². The number of aromatic nitrogens is 3. The molecule has 1 aliphatic heterocycles. The van der Waals surface area contributed by atoms with Crippen LogP contribution in [0.1, 0.15) is 42.3 Å². The zero-order valence-corrected chi connectivity index (χ0v) is 27.3. The van der Waals surface area contributed by atoms with Gasteiger partial charge in [0.2, 0.25) is 0 Å². The number of hydrogen-bond acceptors (Lipinski definition) is 3. The molecule has 4 nitrogen and oxygen atoms in total. The van der Waals surface area contributed by atoms with E-state index in [1.165, 1.54) is 5.56 Å². The van der Waals surface area contributed by atoms with Gasteiger partial charge < -0.3 is 4.57 Å². The average molecular weight is 637 g/mol. The monoisotopic (exact) mass is 636 g/mol. The molecule has 0 N–H and O–H groups in total. The Morgan fingerprint density at radius 1 is 0.653 bits per heavy atom. The Hall–Kier alpha value is -6.07. The largest absolute Gasteiger partial charge is 0.309 e. The Balaban J connectivity index is 1.43. The van der Waals surface area contributed by atoms with Gasteiger partial charge in [0.25, 0.3) is 0 Å². The number of benzene rings is 5.